The lowest BCUT2D eigenvalue weighted by Gasteiger charge is -2.09. The fourth-order valence-electron chi connectivity index (χ4n) is 1.08. The molecule has 0 radical (unpaired) electrons. The molecule has 106 valence electrons. The second kappa shape index (κ2) is 6.48. The number of hydrogen-bond acceptors (Lipinski definition) is 6. The summed E-state index contributed by atoms with van der Waals surface area (Å²) in [5.74, 6) is -0.180. The molecule has 1 aromatic heterocycles. The zero-order chi connectivity index (χ0) is 14.5. The molecule has 1 heterocycles. The zero-order valence-corrected chi connectivity index (χ0v) is 10.0. The number of ether oxygens (including phenoxy) is 1. The minimum Gasteiger partial charge on any atom is -0.370 e. The number of nitro groups is 1. The number of nitrogens with zero attached hydrogens (tertiary/aromatic N) is 3. The highest BCUT2D eigenvalue weighted by Crippen LogP contribution is 2.27. The smallest absolute Gasteiger partial charge is 0.370 e. The minimum absolute atomic E-state index is 0.0930. The molecule has 1 rings (SSSR count). The Bertz CT molecular complexity index is 457. The molecule has 0 aliphatic heterocycles. The van der Waals surface area contributed by atoms with Crippen molar-refractivity contribution >= 4 is 23.1 Å². The summed E-state index contributed by atoms with van der Waals surface area (Å²) >= 11 is 5.51. The molecule has 0 aromatic carbocycles. The minimum atomic E-state index is -4.41. The third-order valence-electron chi connectivity index (χ3n) is 1.76. The van der Waals surface area contributed by atoms with E-state index in [4.69, 9.17) is 11.6 Å². The van der Waals surface area contributed by atoms with Crippen LogP contribution in [0.25, 0.3) is 0 Å². The second-order valence-corrected chi connectivity index (χ2v) is 3.57. The van der Waals surface area contributed by atoms with Crippen LogP contribution in [-0.2, 0) is 4.74 Å². The van der Waals surface area contributed by atoms with E-state index in [9.17, 15) is 23.3 Å². The van der Waals surface area contributed by atoms with Crippen molar-refractivity contribution in [3.05, 3.63) is 21.6 Å². The number of halogens is 4. The van der Waals surface area contributed by atoms with Crippen molar-refractivity contribution in [1.29, 1.82) is 0 Å². The first-order chi connectivity index (χ1) is 8.81. The molecular weight excluding hydrogens is 293 g/mol. The van der Waals surface area contributed by atoms with Gasteiger partial charge < -0.3 is 10.1 Å². The molecule has 0 fully saturated rings. The summed E-state index contributed by atoms with van der Waals surface area (Å²) in [6.07, 6.45) is -3.42. The van der Waals surface area contributed by atoms with E-state index >= 15 is 0 Å². The Morgan fingerprint density at radius 2 is 2.16 bits per heavy atom. The van der Waals surface area contributed by atoms with Crippen LogP contribution in [0.2, 0.25) is 5.15 Å². The van der Waals surface area contributed by atoms with Crippen LogP contribution in [0.1, 0.15) is 0 Å². The molecule has 0 aliphatic rings. The fraction of sp³-hybridized carbons (Fsp3) is 0.500. The Hall–Kier alpha value is -1.68. The van der Waals surface area contributed by atoms with Gasteiger partial charge in [0.15, 0.2) is 0 Å². The lowest BCUT2D eigenvalue weighted by atomic mass is 10.4. The van der Waals surface area contributed by atoms with Gasteiger partial charge in [-0.1, -0.05) is 11.6 Å². The maximum Gasteiger partial charge on any atom is 0.411 e. The summed E-state index contributed by atoms with van der Waals surface area (Å²) in [4.78, 5) is 16.9. The van der Waals surface area contributed by atoms with Gasteiger partial charge in [-0.3, -0.25) is 10.1 Å². The number of rotatable bonds is 6. The average Bonchev–Trinajstić information content (AvgIpc) is 2.26. The predicted molar refractivity (Wildman–Crippen MR) is 59.1 cm³/mol. The highest BCUT2D eigenvalue weighted by molar-refractivity contribution is 6.31. The quantitative estimate of drug-likeness (QED) is 0.374. The summed E-state index contributed by atoms with van der Waals surface area (Å²) in [6, 6.07) is 0. The van der Waals surface area contributed by atoms with Gasteiger partial charge in [-0.25, -0.2) is 9.97 Å². The molecule has 11 heteroatoms. The lowest BCUT2D eigenvalue weighted by Crippen LogP contribution is -2.20. The predicted octanol–water partition coefficient (Wildman–Crippen LogP) is 2.03. The van der Waals surface area contributed by atoms with Gasteiger partial charge in [0.05, 0.1) is 11.5 Å². The van der Waals surface area contributed by atoms with Gasteiger partial charge in [0.25, 0.3) is 0 Å². The number of nitrogens with one attached hydrogen (secondary N) is 1. The molecule has 0 amide bonds. The number of aromatic nitrogens is 2. The van der Waals surface area contributed by atoms with Gasteiger partial charge in [0, 0.05) is 6.54 Å². The van der Waals surface area contributed by atoms with Gasteiger partial charge in [-0.15, -0.1) is 0 Å². The Morgan fingerprint density at radius 1 is 1.47 bits per heavy atom. The van der Waals surface area contributed by atoms with Crippen LogP contribution in [0.3, 0.4) is 0 Å². The summed E-state index contributed by atoms with van der Waals surface area (Å²) < 4.78 is 39.6. The van der Waals surface area contributed by atoms with E-state index in [0.29, 0.717) is 0 Å². The van der Waals surface area contributed by atoms with Crippen LogP contribution in [-0.4, -0.2) is 40.8 Å². The molecule has 1 N–H and O–H groups in total. The van der Waals surface area contributed by atoms with Crippen LogP contribution in [0, 0.1) is 10.1 Å². The Labute approximate surface area is 109 Å². The molecule has 0 saturated heterocycles. The molecule has 0 unspecified atom stereocenters. The molecule has 7 nitrogen and oxygen atoms in total. The molecule has 1 aromatic rings. The average molecular weight is 301 g/mol. The topological polar surface area (TPSA) is 90.2 Å². The maximum atomic E-state index is 11.8. The Balaban J connectivity index is 2.50. The van der Waals surface area contributed by atoms with Crippen LogP contribution in [0.5, 0.6) is 0 Å². The van der Waals surface area contributed by atoms with E-state index in [-0.39, 0.29) is 24.1 Å². The van der Waals surface area contributed by atoms with E-state index < -0.39 is 23.4 Å². The maximum absolute atomic E-state index is 11.8. The van der Waals surface area contributed by atoms with Crippen molar-refractivity contribution in [3.63, 3.8) is 0 Å². The van der Waals surface area contributed by atoms with E-state index in [0.717, 1.165) is 6.33 Å². The van der Waals surface area contributed by atoms with Crippen molar-refractivity contribution in [2.45, 2.75) is 6.18 Å². The van der Waals surface area contributed by atoms with Crippen LogP contribution < -0.4 is 5.32 Å². The van der Waals surface area contributed by atoms with Gasteiger partial charge >= 0.3 is 11.9 Å². The molecule has 0 spiro atoms. The third-order valence-corrected chi connectivity index (χ3v) is 2.04. The molecule has 0 bridgehead atoms. The van der Waals surface area contributed by atoms with Crippen molar-refractivity contribution in [2.75, 3.05) is 25.1 Å². The molecule has 0 aliphatic carbocycles. The van der Waals surface area contributed by atoms with Crippen LogP contribution >= 0.6 is 11.6 Å². The summed E-state index contributed by atoms with van der Waals surface area (Å²) in [5.41, 5.74) is -0.542. The van der Waals surface area contributed by atoms with Gasteiger partial charge in [0.1, 0.15) is 12.9 Å². The van der Waals surface area contributed by atoms with E-state index in [1.807, 2.05) is 0 Å². The van der Waals surface area contributed by atoms with Crippen LogP contribution in [0.15, 0.2) is 6.33 Å². The normalized spacial score (nSPS) is 11.4. The summed E-state index contributed by atoms with van der Waals surface area (Å²) in [5, 5.41) is 12.8. The second-order valence-electron chi connectivity index (χ2n) is 3.21. The van der Waals surface area contributed by atoms with E-state index in [1.165, 1.54) is 0 Å². The van der Waals surface area contributed by atoms with E-state index in [2.05, 4.69) is 20.0 Å². The first-order valence-corrected chi connectivity index (χ1v) is 5.22. The highest BCUT2D eigenvalue weighted by atomic mass is 35.5. The first-order valence-electron chi connectivity index (χ1n) is 4.84. The largest absolute Gasteiger partial charge is 0.411 e. The van der Waals surface area contributed by atoms with Gasteiger partial charge in [0.2, 0.25) is 11.0 Å². The SMILES string of the molecule is O=[N+]([O-])c1c(Cl)ncnc1NCCOCC(F)(F)F. The van der Waals surface area contributed by atoms with Crippen LogP contribution in [0.4, 0.5) is 24.7 Å². The third kappa shape index (κ3) is 5.22. The Morgan fingerprint density at radius 3 is 2.74 bits per heavy atom. The van der Waals surface area contributed by atoms with E-state index in [1.54, 1.807) is 0 Å². The van der Waals surface area contributed by atoms with Crippen molar-refractivity contribution in [2.24, 2.45) is 0 Å². The highest BCUT2D eigenvalue weighted by Gasteiger charge is 2.27. The zero-order valence-electron chi connectivity index (χ0n) is 9.28. The first kappa shape index (κ1) is 15.4. The molecular formula is C8H8ClF3N4O3. The number of alkyl halides is 3. The van der Waals surface area contributed by atoms with Crippen molar-refractivity contribution < 1.29 is 22.8 Å². The van der Waals surface area contributed by atoms with Gasteiger partial charge in [-0.05, 0) is 0 Å². The Kier molecular flexibility index (Phi) is 5.24. The lowest BCUT2D eigenvalue weighted by molar-refractivity contribution is -0.384. The van der Waals surface area contributed by atoms with Crippen molar-refractivity contribution in [1.82, 2.24) is 9.97 Å². The standard InChI is InChI=1S/C8H8ClF3N4O3/c9-6-5(16(17)18)7(15-4-14-6)13-1-2-19-3-8(10,11)12/h4H,1-3H2,(H,13,14,15). The number of anilines is 1. The monoisotopic (exact) mass is 300 g/mol. The molecule has 0 saturated carbocycles. The van der Waals surface area contributed by atoms with Crippen molar-refractivity contribution in [3.8, 4) is 0 Å². The molecule has 0 atom stereocenters. The number of hydrogen-bond donors (Lipinski definition) is 1. The van der Waals surface area contributed by atoms with Gasteiger partial charge in [-0.2, -0.15) is 13.2 Å². The summed E-state index contributed by atoms with van der Waals surface area (Å²) in [7, 11) is 0. The molecule has 19 heavy (non-hydrogen) atoms. The summed E-state index contributed by atoms with van der Waals surface area (Å²) in [6.45, 7) is -1.77. The fourth-order valence-corrected chi connectivity index (χ4v) is 1.28.